The molecule has 2 unspecified atom stereocenters. The zero-order valence-electron chi connectivity index (χ0n) is 15.9. The van der Waals surface area contributed by atoms with Crippen molar-refractivity contribution >= 4 is 5.91 Å². The van der Waals surface area contributed by atoms with E-state index in [0.29, 0.717) is 31.1 Å². The van der Waals surface area contributed by atoms with Crippen LogP contribution in [0.1, 0.15) is 32.6 Å². The topological polar surface area (TPSA) is 93.4 Å². The van der Waals surface area contributed by atoms with Gasteiger partial charge in [-0.3, -0.25) is 14.7 Å². The van der Waals surface area contributed by atoms with Crippen molar-refractivity contribution in [2.24, 2.45) is 0 Å². The first kappa shape index (κ1) is 19.4. The second-order valence-electron chi connectivity index (χ2n) is 6.97. The fraction of sp³-hybridized carbons (Fsp3) is 0.579. The van der Waals surface area contributed by atoms with Crippen molar-refractivity contribution in [3.8, 4) is 11.4 Å². The first-order chi connectivity index (χ1) is 13.1. The molecule has 0 aromatic carbocycles. The molecule has 0 bridgehead atoms. The Bertz CT molecular complexity index is 711. The van der Waals surface area contributed by atoms with Gasteiger partial charge in [-0.1, -0.05) is 5.16 Å². The highest BCUT2D eigenvalue weighted by atomic mass is 16.5. The first-order valence-electron chi connectivity index (χ1n) is 9.47. The molecule has 3 rings (SSSR count). The lowest BCUT2D eigenvalue weighted by Crippen LogP contribution is -2.46. The molecule has 146 valence electrons. The number of carbonyl (C=O) groups excluding carboxylic acids is 1. The number of aromatic nitrogens is 3. The molecule has 27 heavy (non-hydrogen) atoms. The lowest BCUT2D eigenvalue weighted by atomic mass is 10.2. The van der Waals surface area contributed by atoms with Gasteiger partial charge in [-0.25, -0.2) is 0 Å². The van der Waals surface area contributed by atoms with Crippen molar-refractivity contribution in [3.63, 3.8) is 0 Å². The van der Waals surface area contributed by atoms with E-state index in [9.17, 15) is 4.79 Å². The van der Waals surface area contributed by atoms with Crippen molar-refractivity contribution in [2.75, 3.05) is 26.2 Å². The van der Waals surface area contributed by atoms with E-state index in [0.717, 1.165) is 31.6 Å². The number of morpholine rings is 1. The zero-order chi connectivity index (χ0) is 19.1. The molecule has 3 heterocycles. The summed E-state index contributed by atoms with van der Waals surface area (Å²) in [6.07, 6.45) is 5.60. The first-order valence-corrected chi connectivity index (χ1v) is 9.47. The average molecular weight is 373 g/mol. The van der Waals surface area contributed by atoms with Crippen LogP contribution in [0.2, 0.25) is 0 Å². The van der Waals surface area contributed by atoms with Crippen LogP contribution in [0.5, 0.6) is 0 Å². The maximum absolute atomic E-state index is 12.0. The molecule has 0 saturated carbocycles. The Morgan fingerprint density at radius 1 is 1.33 bits per heavy atom. The molecule has 8 nitrogen and oxygen atoms in total. The van der Waals surface area contributed by atoms with E-state index in [1.165, 1.54) is 0 Å². The molecule has 2 aromatic heterocycles. The molecule has 8 heteroatoms. The Morgan fingerprint density at radius 3 is 2.89 bits per heavy atom. The summed E-state index contributed by atoms with van der Waals surface area (Å²) in [4.78, 5) is 22.7. The summed E-state index contributed by atoms with van der Waals surface area (Å²) in [5.74, 6) is 0.951. The lowest BCUT2D eigenvalue weighted by molar-refractivity contribution is -0.121. The molecular formula is C19H27N5O3. The third kappa shape index (κ3) is 6.11. The Morgan fingerprint density at radius 2 is 2.15 bits per heavy atom. The van der Waals surface area contributed by atoms with E-state index < -0.39 is 0 Å². The fourth-order valence-electron chi connectivity index (χ4n) is 3.27. The number of nitrogens with zero attached hydrogens (tertiary/aromatic N) is 4. The maximum Gasteiger partial charge on any atom is 0.227 e. The van der Waals surface area contributed by atoms with Gasteiger partial charge >= 0.3 is 0 Å². The predicted octanol–water partition coefficient (Wildman–Crippen LogP) is 1.68. The van der Waals surface area contributed by atoms with Gasteiger partial charge in [0.25, 0.3) is 0 Å². The number of ether oxygens (including phenoxy) is 1. The monoisotopic (exact) mass is 373 g/mol. The molecule has 1 N–H and O–H groups in total. The van der Waals surface area contributed by atoms with Gasteiger partial charge in [0.2, 0.25) is 17.6 Å². The second kappa shape index (κ2) is 9.57. The number of amides is 1. The van der Waals surface area contributed by atoms with Gasteiger partial charge in [0.05, 0.1) is 12.2 Å². The van der Waals surface area contributed by atoms with Crippen molar-refractivity contribution < 1.29 is 14.1 Å². The molecule has 1 saturated heterocycles. The molecule has 0 radical (unpaired) electrons. The van der Waals surface area contributed by atoms with E-state index in [4.69, 9.17) is 9.26 Å². The molecule has 2 aromatic rings. The minimum atomic E-state index is -0.000147. The van der Waals surface area contributed by atoms with Gasteiger partial charge in [0, 0.05) is 57.0 Å². The van der Waals surface area contributed by atoms with Gasteiger partial charge in [-0.2, -0.15) is 4.98 Å². The lowest BCUT2D eigenvalue weighted by Gasteiger charge is -2.35. The maximum atomic E-state index is 12.0. The predicted molar refractivity (Wildman–Crippen MR) is 99.9 cm³/mol. The SMILES string of the molecule is CC1CN(CCCNC(=O)CCc2nc(-c3cccnc3)no2)CC(C)O1. The van der Waals surface area contributed by atoms with Gasteiger partial charge in [-0.05, 0) is 32.4 Å². The minimum Gasteiger partial charge on any atom is -0.373 e. The Balaban J connectivity index is 1.33. The van der Waals surface area contributed by atoms with Crippen LogP contribution in [0.3, 0.4) is 0 Å². The summed E-state index contributed by atoms with van der Waals surface area (Å²) in [6, 6.07) is 3.68. The van der Waals surface area contributed by atoms with Crippen LogP contribution in [-0.2, 0) is 16.0 Å². The molecule has 1 fully saturated rings. The van der Waals surface area contributed by atoms with Crippen LogP contribution in [0.15, 0.2) is 29.0 Å². The van der Waals surface area contributed by atoms with Crippen LogP contribution in [0, 0.1) is 0 Å². The highest BCUT2D eigenvalue weighted by Crippen LogP contribution is 2.14. The summed E-state index contributed by atoms with van der Waals surface area (Å²) in [6.45, 7) is 7.74. The molecule has 1 aliphatic rings. The second-order valence-corrected chi connectivity index (χ2v) is 6.97. The van der Waals surface area contributed by atoms with Gasteiger partial charge in [-0.15, -0.1) is 0 Å². The number of aryl methyl sites for hydroxylation is 1. The van der Waals surface area contributed by atoms with E-state index in [1.807, 2.05) is 12.1 Å². The summed E-state index contributed by atoms with van der Waals surface area (Å²) in [7, 11) is 0. The highest BCUT2D eigenvalue weighted by Gasteiger charge is 2.21. The van der Waals surface area contributed by atoms with E-state index in [-0.39, 0.29) is 18.1 Å². The van der Waals surface area contributed by atoms with Crippen molar-refractivity contribution in [2.45, 2.75) is 45.3 Å². The number of hydrogen-bond acceptors (Lipinski definition) is 7. The Kier molecular flexibility index (Phi) is 6.89. The quantitative estimate of drug-likeness (QED) is 0.704. The van der Waals surface area contributed by atoms with Crippen LogP contribution in [0.25, 0.3) is 11.4 Å². The zero-order valence-corrected chi connectivity index (χ0v) is 15.9. The summed E-state index contributed by atoms with van der Waals surface area (Å²) < 4.78 is 10.9. The van der Waals surface area contributed by atoms with E-state index in [2.05, 4.69) is 39.2 Å². The van der Waals surface area contributed by atoms with Gasteiger partial charge in [0.1, 0.15) is 0 Å². The largest absolute Gasteiger partial charge is 0.373 e. The smallest absolute Gasteiger partial charge is 0.227 e. The average Bonchev–Trinajstić information content (AvgIpc) is 3.13. The van der Waals surface area contributed by atoms with Crippen LogP contribution >= 0.6 is 0 Å². The number of hydrogen-bond donors (Lipinski definition) is 1. The van der Waals surface area contributed by atoms with E-state index in [1.54, 1.807) is 12.4 Å². The van der Waals surface area contributed by atoms with Crippen molar-refractivity contribution in [1.29, 1.82) is 0 Å². The van der Waals surface area contributed by atoms with Crippen molar-refractivity contribution in [3.05, 3.63) is 30.4 Å². The molecule has 1 aliphatic heterocycles. The number of carbonyl (C=O) groups is 1. The molecule has 0 spiro atoms. The summed E-state index contributed by atoms with van der Waals surface area (Å²) >= 11 is 0. The number of rotatable bonds is 8. The molecule has 2 atom stereocenters. The fourth-order valence-corrected chi connectivity index (χ4v) is 3.27. The van der Waals surface area contributed by atoms with Crippen LogP contribution < -0.4 is 5.32 Å². The number of pyridine rings is 1. The summed E-state index contributed by atoms with van der Waals surface area (Å²) in [5, 5.41) is 6.89. The summed E-state index contributed by atoms with van der Waals surface area (Å²) in [5.41, 5.74) is 0.795. The molecule has 1 amide bonds. The molecular weight excluding hydrogens is 346 g/mol. The number of nitrogens with one attached hydrogen (secondary N) is 1. The Labute approximate surface area is 159 Å². The third-order valence-electron chi connectivity index (χ3n) is 4.42. The highest BCUT2D eigenvalue weighted by molar-refractivity contribution is 5.75. The Hall–Kier alpha value is -2.32. The van der Waals surface area contributed by atoms with Crippen LogP contribution in [0.4, 0.5) is 0 Å². The molecule has 0 aliphatic carbocycles. The van der Waals surface area contributed by atoms with E-state index >= 15 is 0 Å². The standard InChI is InChI=1S/C19H27N5O3/c1-14-12-24(13-15(2)26-14)10-4-9-21-17(25)6-7-18-22-19(23-27-18)16-5-3-8-20-11-16/h3,5,8,11,14-15H,4,6-7,9-10,12-13H2,1-2H3,(H,21,25). The minimum absolute atomic E-state index is 0.000147. The van der Waals surface area contributed by atoms with Crippen LogP contribution in [-0.4, -0.2) is 64.3 Å². The third-order valence-corrected chi connectivity index (χ3v) is 4.42. The van der Waals surface area contributed by atoms with Crippen molar-refractivity contribution in [1.82, 2.24) is 25.3 Å². The normalized spacial score (nSPS) is 20.5. The van der Waals surface area contributed by atoms with Gasteiger partial charge in [0.15, 0.2) is 0 Å². The van der Waals surface area contributed by atoms with Gasteiger partial charge < -0.3 is 14.6 Å².